The minimum absolute atomic E-state index is 0.175. The highest BCUT2D eigenvalue weighted by molar-refractivity contribution is 5.81. The van der Waals surface area contributed by atoms with Crippen LogP contribution in [0.5, 0.6) is 0 Å². The molecule has 0 saturated carbocycles. The number of nitrogens with one attached hydrogen (secondary N) is 1. The van der Waals surface area contributed by atoms with E-state index >= 15 is 0 Å². The van der Waals surface area contributed by atoms with Gasteiger partial charge in [-0.3, -0.25) is 19.4 Å². The number of rotatable bonds is 12. The summed E-state index contributed by atoms with van der Waals surface area (Å²) < 4.78 is 5.10. The summed E-state index contributed by atoms with van der Waals surface area (Å²) in [4.78, 5) is 39.7. The van der Waals surface area contributed by atoms with E-state index in [1.54, 1.807) is 13.8 Å². The first kappa shape index (κ1) is 24.8. The van der Waals surface area contributed by atoms with Crippen molar-refractivity contribution < 1.29 is 24.2 Å². The summed E-state index contributed by atoms with van der Waals surface area (Å²) in [7, 11) is 0. The Labute approximate surface area is 188 Å². The van der Waals surface area contributed by atoms with E-state index in [0.29, 0.717) is 6.42 Å². The SMILES string of the molecule is C=N[C@@](Cc1ccc(-c2ccccc2)cc1)(C[C@@H](C)C(=O)OCC)NC(=O)CCC(=O)O. The number of carboxylic acid groups (broad SMARTS) is 1. The zero-order valence-electron chi connectivity index (χ0n) is 18.5. The average molecular weight is 439 g/mol. The van der Waals surface area contributed by atoms with Crippen molar-refractivity contribution in [2.24, 2.45) is 10.9 Å². The van der Waals surface area contributed by atoms with Gasteiger partial charge in [-0.1, -0.05) is 61.5 Å². The number of benzene rings is 2. The Balaban J connectivity index is 2.25. The molecule has 0 aliphatic rings. The summed E-state index contributed by atoms with van der Waals surface area (Å²) in [5, 5.41) is 11.7. The number of carbonyl (C=O) groups is 3. The van der Waals surface area contributed by atoms with Crippen LogP contribution in [0.25, 0.3) is 11.1 Å². The number of aliphatic carboxylic acids is 1. The second kappa shape index (κ2) is 11.8. The first-order valence-electron chi connectivity index (χ1n) is 10.6. The van der Waals surface area contributed by atoms with Crippen LogP contribution in [-0.2, 0) is 25.5 Å². The molecule has 170 valence electrons. The van der Waals surface area contributed by atoms with Crippen molar-refractivity contribution in [1.82, 2.24) is 5.32 Å². The number of carboxylic acids is 1. The standard InChI is InChI=1S/C25H30N2O5/c1-4-32-24(31)18(2)16-25(26-3,27-22(28)14-15-23(29)30)17-19-10-12-21(13-11-19)20-8-6-5-7-9-20/h5-13,18H,3-4,14-17H2,1-2H3,(H,27,28)(H,29,30)/t18-,25+/m1/s1. The van der Waals surface area contributed by atoms with E-state index in [1.807, 2.05) is 54.6 Å². The third-order valence-corrected chi connectivity index (χ3v) is 5.13. The maximum atomic E-state index is 12.5. The van der Waals surface area contributed by atoms with Crippen LogP contribution in [0.2, 0.25) is 0 Å². The molecule has 0 radical (unpaired) electrons. The Bertz CT molecular complexity index is 927. The smallest absolute Gasteiger partial charge is 0.308 e. The molecule has 7 heteroatoms. The van der Waals surface area contributed by atoms with Gasteiger partial charge in [-0.25, -0.2) is 0 Å². The normalized spacial score (nSPS) is 13.4. The number of carbonyl (C=O) groups excluding carboxylic acids is 2. The molecule has 0 spiro atoms. The van der Waals surface area contributed by atoms with Gasteiger partial charge in [0.1, 0.15) is 5.66 Å². The predicted octanol–water partition coefficient (Wildman–Crippen LogP) is 3.86. The Morgan fingerprint density at radius 1 is 1.06 bits per heavy atom. The quantitative estimate of drug-likeness (QED) is 0.387. The second-order valence-corrected chi connectivity index (χ2v) is 7.73. The summed E-state index contributed by atoms with van der Waals surface area (Å²) in [5.41, 5.74) is 1.87. The molecule has 2 aromatic carbocycles. The van der Waals surface area contributed by atoms with Crippen molar-refractivity contribution in [2.75, 3.05) is 6.61 Å². The number of aliphatic imine (C=N–C) groups is 1. The van der Waals surface area contributed by atoms with Gasteiger partial charge in [-0.05, 0) is 30.3 Å². The largest absolute Gasteiger partial charge is 0.481 e. The van der Waals surface area contributed by atoms with Crippen LogP contribution < -0.4 is 5.32 Å². The first-order valence-corrected chi connectivity index (χ1v) is 10.6. The zero-order valence-corrected chi connectivity index (χ0v) is 18.5. The van der Waals surface area contributed by atoms with Crippen LogP contribution in [0, 0.1) is 5.92 Å². The number of ether oxygens (including phenoxy) is 1. The van der Waals surface area contributed by atoms with E-state index in [1.165, 1.54) is 0 Å². The highest BCUT2D eigenvalue weighted by Gasteiger charge is 2.35. The zero-order chi connectivity index (χ0) is 23.6. The molecule has 2 N–H and O–H groups in total. The van der Waals surface area contributed by atoms with Crippen LogP contribution in [0.4, 0.5) is 0 Å². The Kier molecular flexibility index (Phi) is 9.13. The average Bonchev–Trinajstić information content (AvgIpc) is 2.78. The lowest BCUT2D eigenvalue weighted by atomic mass is 9.89. The van der Waals surface area contributed by atoms with Gasteiger partial charge in [-0.15, -0.1) is 0 Å². The molecule has 0 aliphatic carbocycles. The van der Waals surface area contributed by atoms with Crippen molar-refractivity contribution >= 4 is 24.6 Å². The fraction of sp³-hybridized carbons (Fsp3) is 0.360. The topological polar surface area (TPSA) is 105 Å². The minimum Gasteiger partial charge on any atom is -0.481 e. The predicted molar refractivity (Wildman–Crippen MR) is 123 cm³/mol. The van der Waals surface area contributed by atoms with E-state index in [2.05, 4.69) is 17.0 Å². The van der Waals surface area contributed by atoms with Gasteiger partial charge >= 0.3 is 11.9 Å². The first-order chi connectivity index (χ1) is 15.3. The number of amides is 1. The molecule has 0 unspecified atom stereocenters. The lowest BCUT2D eigenvalue weighted by Crippen LogP contribution is -2.50. The molecule has 1 amide bonds. The Morgan fingerprint density at radius 2 is 1.69 bits per heavy atom. The molecule has 7 nitrogen and oxygen atoms in total. The van der Waals surface area contributed by atoms with Gasteiger partial charge in [0, 0.05) is 19.3 Å². The van der Waals surface area contributed by atoms with Gasteiger partial charge in [0.05, 0.1) is 18.9 Å². The lowest BCUT2D eigenvalue weighted by Gasteiger charge is -2.33. The lowest BCUT2D eigenvalue weighted by molar-refractivity contribution is -0.148. The summed E-state index contributed by atoms with van der Waals surface area (Å²) in [6, 6.07) is 17.8. The van der Waals surface area contributed by atoms with Crippen molar-refractivity contribution in [1.29, 1.82) is 0 Å². The van der Waals surface area contributed by atoms with Crippen LogP contribution in [0.3, 0.4) is 0 Å². The van der Waals surface area contributed by atoms with E-state index in [9.17, 15) is 14.4 Å². The Morgan fingerprint density at radius 3 is 2.25 bits per heavy atom. The number of esters is 1. The van der Waals surface area contributed by atoms with Crippen LogP contribution in [-0.4, -0.2) is 41.9 Å². The fourth-order valence-corrected chi connectivity index (χ4v) is 3.53. The summed E-state index contributed by atoms with van der Waals surface area (Å²) >= 11 is 0. The van der Waals surface area contributed by atoms with E-state index in [-0.39, 0.29) is 31.8 Å². The van der Waals surface area contributed by atoms with Crippen LogP contribution >= 0.6 is 0 Å². The molecular formula is C25H30N2O5. The molecular weight excluding hydrogens is 408 g/mol. The van der Waals surface area contributed by atoms with E-state index < -0.39 is 23.5 Å². The molecule has 0 aliphatic heterocycles. The molecule has 2 aromatic rings. The molecule has 0 aromatic heterocycles. The minimum atomic E-state index is -1.17. The van der Waals surface area contributed by atoms with Gasteiger partial charge in [-0.2, -0.15) is 0 Å². The highest BCUT2D eigenvalue weighted by Crippen LogP contribution is 2.27. The number of nitrogens with zero attached hydrogens (tertiary/aromatic N) is 1. The molecule has 2 atom stereocenters. The Hall–Kier alpha value is -3.48. The van der Waals surface area contributed by atoms with Crippen molar-refractivity contribution in [3.05, 3.63) is 60.2 Å². The summed E-state index contributed by atoms with van der Waals surface area (Å²) in [6.45, 7) is 7.36. The maximum Gasteiger partial charge on any atom is 0.308 e. The fourth-order valence-electron chi connectivity index (χ4n) is 3.53. The monoisotopic (exact) mass is 438 g/mol. The van der Waals surface area contributed by atoms with Crippen molar-refractivity contribution in [3.8, 4) is 11.1 Å². The van der Waals surface area contributed by atoms with Crippen molar-refractivity contribution in [3.63, 3.8) is 0 Å². The van der Waals surface area contributed by atoms with E-state index in [4.69, 9.17) is 9.84 Å². The number of hydrogen-bond acceptors (Lipinski definition) is 5. The van der Waals surface area contributed by atoms with Crippen LogP contribution in [0.15, 0.2) is 59.6 Å². The van der Waals surface area contributed by atoms with Gasteiger partial charge in [0.2, 0.25) is 5.91 Å². The molecule has 0 bridgehead atoms. The third-order valence-electron chi connectivity index (χ3n) is 5.13. The highest BCUT2D eigenvalue weighted by atomic mass is 16.5. The molecule has 0 fully saturated rings. The third kappa shape index (κ3) is 7.34. The van der Waals surface area contributed by atoms with Crippen molar-refractivity contribution in [2.45, 2.75) is 45.2 Å². The molecule has 32 heavy (non-hydrogen) atoms. The summed E-state index contributed by atoms with van der Waals surface area (Å²) in [5.74, 6) is -2.45. The molecule has 2 rings (SSSR count). The van der Waals surface area contributed by atoms with Gasteiger partial charge in [0.25, 0.3) is 0 Å². The van der Waals surface area contributed by atoms with Gasteiger partial charge < -0.3 is 15.2 Å². The summed E-state index contributed by atoms with van der Waals surface area (Å²) in [6.07, 6.45) is -0.00565. The number of hydrogen-bond donors (Lipinski definition) is 2. The van der Waals surface area contributed by atoms with Crippen LogP contribution in [0.1, 0.15) is 38.7 Å². The maximum absolute atomic E-state index is 12.5. The molecule has 0 heterocycles. The molecule has 0 saturated heterocycles. The van der Waals surface area contributed by atoms with Gasteiger partial charge in [0.15, 0.2) is 0 Å². The second-order valence-electron chi connectivity index (χ2n) is 7.73. The van der Waals surface area contributed by atoms with E-state index in [0.717, 1.165) is 16.7 Å².